The first kappa shape index (κ1) is 11.2. The summed E-state index contributed by atoms with van der Waals surface area (Å²) in [7, 11) is 1.89. The van der Waals surface area contributed by atoms with Gasteiger partial charge in [-0.1, -0.05) is 0 Å². The molecule has 0 aliphatic carbocycles. The fourth-order valence-electron chi connectivity index (χ4n) is 1.49. The molecule has 2 rings (SSSR count). The van der Waals surface area contributed by atoms with Gasteiger partial charge >= 0.3 is 0 Å². The Hall–Kier alpha value is -2.31. The molecule has 0 bridgehead atoms. The van der Waals surface area contributed by atoms with E-state index >= 15 is 0 Å². The molecule has 0 radical (unpaired) electrons. The zero-order valence-corrected chi connectivity index (χ0v) is 9.59. The van der Waals surface area contributed by atoms with Gasteiger partial charge in [-0.2, -0.15) is 15.1 Å². The predicted molar refractivity (Wildman–Crippen MR) is 66.3 cm³/mol. The minimum Gasteiger partial charge on any atom is -0.383 e. The molecule has 0 unspecified atom stereocenters. The summed E-state index contributed by atoms with van der Waals surface area (Å²) in [5.41, 5.74) is 12.1. The average Bonchev–Trinajstić information content (AvgIpc) is 2.63. The molecule has 0 amide bonds. The van der Waals surface area contributed by atoms with Crippen LogP contribution >= 0.6 is 0 Å². The standard InChI is InChI=1S/C10H15N7/c1-17-5-3-7(16-17)2-4-13-9-6-8(11)14-10(12)15-9/h3,5-6H,2,4H2,1H3,(H5,11,12,13,14,15). The van der Waals surface area contributed by atoms with Crippen LogP contribution in [-0.4, -0.2) is 26.3 Å². The Bertz CT molecular complexity index is 485. The van der Waals surface area contributed by atoms with Gasteiger partial charge in [-0.05, 0) is 6.07 Å². The van der Waals surface area contributed by atoms with Crippen molar-refractivity contribution in [2.24, 2.45) is 7.05 Å². The Morgan fingerprint density at radius 3 is 2.82 bits per heavy atom. The van der Waals surface area contributed by atoms with Crippen molar-refractivity contribution in [3.8, 4) is 0 Å². The van der Waals surface area contributed by atoms with Gasteiger partial charge in [-0.15, -0.1) is 0 Å². The quantitative estimate of drug-likeness (QED) is 0.687. The number of aryl methyl sites for hydroxylation is 1. The van der Waals surface area contributed by atoms with Gasteiger partial charge in [0.15, 0.2) is 0 Å². The molecule has 0 aliphatic heterocycles. The monoisotopic (exact) mass is 233 g/mol. The van der Waals surface area contributed by atoms with Gasteiger partial charge in [0, 0.05) is 32.3 Å². The van der Waals surface area contributed by atoms with Crippen molar-refractivity contribution >= 4 is 17.6 Å². The highest BCUT2D eigenvalue weighted by Crippen LogP contribution is 2.09. The summed E-state index contributed by atoms with van der Waals surface area (Å²) < 4.78 is 1.77. The van der Waals surface area contributed by atoms with Crippen molar-refractivity contribution in [3.05, 3.63) is 24.0 Å². The molecule has 0 fully saturated rings. The topological polar surface area (TPSA) is 108 Å². The van der Waals surface area contributed by atoms with Crippen LogP contribution in [0.4, 0.5) is 17.6 Å². The summed E-state index contributed by atoms with van der Waals surface area (Å²) in [6, 6.07) is 3.62. The highest BCUT2D eigenvalue weighted by atomic mass is 15.2. The third-order valence-electron chi connectivity index (χ3n) is 2.22. The van der Waals surface area contributed by atoms with E-state index in [1.165, 1.54) is 0 Å². The third kappa shape index (κ3) is 3.07. The molecule has 2 heterocycles. The first-order valence-corrected chi connectivity index (χ1v) is 5.26. The Labute approximate surface area is 98.9 Å². The molecule has 0 atom stereocenters. The van der Waals surface area contributed by atoms with E-state index in [1.807, 2.05) is 19.3 Å². The zero-order valence-electron chi connectivity index (χ0n) is 9.59. The van der Waals surface area contributed by atoms with E-state index in [2.05, 4.69) is 20.4 Å². The summed E-state index contributed by atoms with van der Waals surface area (Å²) in [4.78, 5) is 7.81. The van der Waals surface area contributed by atoms with Crippen molar-refractivity contribution in [1.82, 2.24) is 19.7 Å². The molecule has 7 nitrogen and oxygen atoms in total. The lowest BCUT2D eigenvalue weighted by molar-refractivity contribution is 0.742. The Kier molecular flexibility index (Phi) is 3.08. The summed E-state index contributed by atoms with van der Waals surface area (Å²) in [5, 5.41) is 7.40. The molecular weight excluding hydrogens is 218 g/mol. The van der Waals surface area contributed by atoms with E-state index in [-0.39, 0.29) is 5.95 Å². The van der Waals surface area contributed by atoms with E-state index < -0.39 is 0 Å². The smallest absolute Gasteiger partial charge is 0.223 e. The molecule has 7 heteroatoms. The number of aromatic nitrogens is 4. The molecule has 17 heavy (non-hydrogen) atoms. The summed E-state index contributed by atoms with van der Waals surface area (Å²) >= 11 is 0. The lowest BCUT2D eigenvalue weighted by atomic mass is 10.3. The van der Waals surface area contributed by atoms with E-state index in [9.17, 15) is 0 Å². The first-order valence-electron chi connectivity index (χ1n) is 5.26. The largest absolute Gasteiger partial charge is 0.383 e. The maximum absolute atomic E-state index is 5.56. The molecular formula is C10H15N7. The molecule has 0 saturated carbocycles. The second-order valence-corrected chi connectivity index (χ2v) is 3.69. The average molecular weight is 233 g/mol. The fraction of sp³-hybridized carbons (Fsp3) is 0.300. The number of rotatable bonds is 4. The van der Waals surface area contributed by atoms with Crippen LogP contribution < -0.4 is 16.8 Å². The molecule has 0 aromatic carbocycles. The van der Waals surface area contributed by atoms with Gasteiger partial charge in [0.1, 0.15) is 11.6 Å². The predicted octanol–water partition coefficient (Wildman–Crippen LogP) is 0.0291. The van der Waals surface area contributed by atoms with Gasteiger partial charge in [-0.25, -0.2) is 0 Å². The van der Waals surface area contributed by atoms with Crippen LogP contribution in [0.1, 0.15) is 5.69 Å². The van der Waals surface area contributed by atoms with Gasteiger partial charge in [0.2, 0.25) is 5.95 Å². The number of nitrogens with two attached hydrogens (primary N) is 2. The third-order valence-corrected chi connectivity index (χ3v) is 2.22. The normalized spacial score (nSPS) is 10.4. The summed E-state index contributed by atoms with van der Waals surface area (Å²) in [6.45, 7) is 0.715. The number of hydrogen-bond acceptors (Lipinski definition) is 6. The maximum Gasteiger partial charge on any atom is 0.223 e. The van der Waals surface area contributed by atoms with Crippen molar-refractivity contribution in [3.63, 3.8) is 0 Å². The molecule has 90 valence electrons. The van der Waals surface area contributed by atoms with Crippen molar-refractivity contribution < 1.29 is 0 Å². The molecule has 5 N–H and O–H groups in total. The summed E-state index contributed by atoms with van der Waals surface area (Å²) in [6.07, 6.45) is 2.72. The van der Waals surface area contributed by atoms with Crippen LogP contribution in [0.5, 0.6) is 0 Å². The van der Waals surface area contributed by atoms with Crippen LogP contribution in [-0.2, 0) is 13.5 Å². The lowest BCUT2D eigenvalue weighted by Crippen LogP contribution is -2.09. The van der Waals surface area contributed by atoms with Crippen LogP contribution in [0.3, 0.4) is 0 Å². The van der Waals surface area contributed by atoms with E-state index in [0.717, 1.165) is 12.1 Å². The number of hydrogen-bond donors (Lipinski definition) is 3. The molecule has 0 saturated heterocycles. The Balaban J connectivity index is 1.89. The minimum absolute atomic E-state index is 0.172. The van der Waals surface area contributed by atoms with Crippen LogP contribution in [0, 0.1) is 0 Å². The zero-order chi connectivity index (χ0) is 12.3. The van der Waals surface area contributed by atoms with Gasteiger partial charge in [0.25, 0.3) is 0 Å². The van der Waals surface area contributed by atoms with E-state index in [0.29, 0.717) is 18.2 Å². The van der Waals surface area contributed by atoms with Crippen LogP contribution in [0.2, 0.25) is 0 Å². The van der Waals surface area contributed by atoms with Crippen LogP contribution in [0.25, 0.3) is 0 Å². The highest BCUT2D eigenvalue weighted by molar-refractivity contribution is 5.48. The first-order chi connectivity index (χ1) is 8.13. The van der Waals surface area contributed by atoms with Gasteiger partial charge in [-0.3, -0.25) is 4.68 Å². The Morgan fingerprint density at radius 1 is 1.35 bits per heavy atom. The molecule has 0 spiro atoms. The molecule has 2 aromatic heterocycles. The molecule has 2 aromatic rings. The second kappa shape index (κ2) is 4.69. The SMILES string of the molecule is Cn1ccc(CCNc2cc(N)nc(N)n2)n1. The van der Waals surface area contributed by atoms with E-state index in [1.54, 1.807) is 10.7 Å². The fourth-order valence-corrected chi connectivity index (χ4v) is 1.49. The van der Waals surface area contributed by atoms with Gasteiger partial charge < -0.3 is 16.8 Å². The van der Waals surface area contributed by atoms with Crippen LogP contribution in [0.15, 0.2) is 18.3 Å². The molecule has 0 aliphatic rings. The number of nitrogens with one attached hydrogen (secondary N) is 1. The van der Waals surface area contributed by atoms with E-state index in [4.69, 9.17) is 11.5 Å². The highest BCUT2D eigenvalue weighted by Gasteiger charge is 2.00. The number of anilines is 3. The summed E-state index contributed by atoms with van der Waals surface area (Å²) in [5.74, 6) is 1.16. The van der Waals surface area contributed by atoms with Gasteiger partial charge in [0.05, 0.1) is 5.69 Å². The van der Waals surface area contributed by atoms with Crippen molar-refractivity contribution in [2.45, 2.75) is 6.42 Å². The van der Waals surface area contributed by atoms with Crippen molar-refractivity contribution in [2.75, 3.05) is 23.3 Å². The minimum atomic E-state index is 0.172. The number of nitrogen functional groups attached to an aromatic ring is 2. The van der Waals surface area contributed by atoms with Crippen molar-refractivity contribution in [1.29, 1.82) is 0 Å². The lowest BCUT2D eigenvalue weighted by Gasteiger charge is -2.05. The number of nitrogens with zero attached hydrogens (tertiary/aromatic N) is 4. The maximum atomic E-state index is 5.56. The Morgan fingerprint density at radius 2 is 2.18 bits per heavy atom. The second-order valence-electron chi connectivity index (χ2n) is 3.69.